The van der Waals surface area contributed by atoms with E-state index in [1.54, 1.807) is 17.6 Å². The molecule has 5 nitrogen and oxygen atoms in total. The van der Waals surface area contributed by atoms with Crippen molar-refractivity contribution in [2.45, 2.75) is 33.6 Å². The van der Waals surface area contributed by atoms with Gasteiger partial charge in [-0.1, -0.05) is 6.07 Å². The molecule has 1 aromatic carbocycles. The van der Waals surface area contributed by atoms with E-state index in [1.807, 2.05) is 50.4 Å². The maximum atomic E-state index is 11.9. The Morgan fingerprint density at radius 2 is 1.79 bits per heavy atom. The largest absolute Gasteiger partial charge is 0.326 e. The summed E-state index contributed by atoms with van der Waals surface area (Å²) in [7, 11) is 0. The first-order chi connectivity index (χ1) is 11.5. The van der Waals surface area contributed by atoms with Gasteiger partial charge in [-0.25, -0.2) is 5.43 Å². The monoisotopic (exact) mass is 343 g/mol. The molecule has 1 aromatic heterocycles. The van der Waals surface area contributed by atoms with E-state index in [-0.39, 0.29) is 24.7 Å². The van der Waals surface area contributed by atoms with Gasteiger partial charge in [0.2, 0.25) is 11.8 Å². The van der Waals surface area contributed by atoms with Gasteiger partial charge in [0.15, 0.2) is 0 Å². The fraction of sp³-hybridized carbons (Fsp3) is 0.278. The Kier molecular flexibility index (Phi) is 6.26. The highest BCUT2D eigenvalue weighted by Gasteiger charge is 2.07. The van der Waals surface area contributed by atoms with Gasteiger partial charge in [0.1, 0.15) is 0 Å². The minimum atomic E-state index is -0.282. The van der Waals surface area contributed by atoms with Gasteiger partial charge >= 0.3 is 0 Å². The van der Waals surface area contributed by atoms with Gasteiger partial charge in [-0.3, -0.25) is 9.59 Å². The Morgan fingerprint density at radius 3 is 2.46 bits per heavy atom. The number of nitrogens with zero attached hydrogens (tertiary/aromatic N) is 1. The lowest BCUT2D eigenvalue weighted by molar-refractivity contribution is -0.124. The van der Waals surface area contributed by atoms with Gasteiger partial charge in [0.25, 0.3) is 0 Å². The van der Waals surface area contributed by atoms with Crippen LogP contribution in [-0.2, 0) is 9.59 Å². The van der Waals surface area contributed by atoms with Crippen molar-refractivity contribution in [2.75, 3.05) is 5.32 Å². The number of hydrogen-bond donors (Lipinski definition) is 2. The molecule has 1 heterocycles. The molecule has 0 aliphatic heterocycles. The number of hydrogen-bond acceptors (Lipinski definition) is 4. The normalized spacial score (nSPS) is 10.8. The zero-order valence-corrected chi connectivity index (χ0v) is 14.9. The van der Waals surface area contributed by atoms with Gasteiger partial charge in [0, 0.05) is 23.4 Å². The first-order valence-electron chi connectivity index (χ1n) is 7.69. The first-order valence-corrected chi connectivity index (χ1v) is 8.57. The van der Waals surface area contributed by atoms with E-state index in [4.69, 9.17) is 0 Å². The summed E-state index contributed by atoms with van der Waals surface area (Å²) in [5.74, 6) is -0.470. The van der Waals surface area contributed by atoms with E-state index >= 15 is 0 Å². The number of amides is 2. The van der Waals surface area contributed by atoms with Crippen molar-refractivity contribution in [3.05, 3.63) is 51.2 Å². The third-order valence-corrected chi connectivity index (χ3v) is 4.60. The van der Waals surface area contributed by atoms with Gasteiger partial charge < -0.3 is 5.32 Å². The fourth-order valence-electron chi connectivity index (χ4n) is 2.01. The maximum Gasteiger partial charge on any atom is 0.240 e. The molecule has 0 aliphatic carbocycles. The van der Waals surface area contributed by atoms with E-state index in [0.717, 1.165) is 21.7 Å². The van der Waals surface area contributed by atoms with Gasteiger partial charge in [-0.2, -0.15) is 5.10 Å². The first kappa shape index (κ1) is 17.9. The quantitative estimate of drug-likeness (QED) is 0.622. The second-order valence-corrected chi connectivity index (χ2v) is 6.56. The van der Waals surface area contributed by atoms with Crippen molar-refractivity contribution < 1.29 is 9.59 Å². The Bertz CT molecular complexity index is 765. The molecular formula is C18H21N3O2S. The summed E-state index contributed by atoms with van der Waals surface area (Å²) < 4.78 is 0. The summed E-state index contributed by atoms with van der Waals surface area (Å²) in [4.78, 5) is 24.6. The van der Waals surface area contributed by atoms with Crippen molar-refractivity contribution in [1.82, 2.24) is 5.43 Å². The molecule has 0 atom stereocenters. The lowest BCUT2D eigenvalue weighted by atomic mass is 10.1. The summed E-state index contributed by atoms with van der Waals surface area (Å²) in [5.41, 5.74) is 6.59. The average molecular weight is 343 g/mol. The molecule has 2 aromatic rings. The molecule has 2 rings (SSSR count). The number of hydrazone groups is 1. The number of nitrogens with one attached hydrogen (secondary N) is 2. The van der Waals surface area contributed by atoms with E-state index < -0.39 is 0 Å². The molecule has 0 bridgehead atoms. The zero-order chi connectivity index (χ0) is 17.5. The number of benzene rings is 1. The summed E-state index contributed by atoms with van der Waals surface area (Å²) >= 11 is 1.56. The molecule has 6 heteroatoms. The molecule has 0 fully saturated rings. The van der Waals surface area contributed by atoms with Crippen molar-refractivity contribution in [2.24, 2.45) is 5.10 Å². The molecule has 0 radical (unpaired) electrons. The van der Waals surface area contributed by atoms with Crippen LogP contribution >= 0.6 is 11.3 Å². The number of anilines is 1. The molecule has 0 aliphatic rings. The Hall–Kier alpha value is -2.47. The van der Waals surface area contributed by atoms with E-state index in [1.165, 1.54) is 5.56 Å². The number of carbonyl (C=O) groups is 2. The molecule has 0 unspecified atom stereocenters. The highest BCUT2D eigenvalue weighted by atomic mass is 32.1. The summed E-state index contributed by atoms with van der Waals surface area (Å²) in [6.07, 6.45) is 1.83. The summed E-state index contributed by atoms with van der Waals surface area (Å²) in [6, 6.07) is 7.72. The highest BCUT2D eigenvalue weighted by molar-refractivity contribution is 7.11. The van der Waals surface area contributed by atoms with Gasteiger partial charge in [-0.05, 0) is 61.0 Å². The number of aryl methyl sites for hydroxylation is 3. The standard InChI is InChI=1S/C18H21N3O2S/c1-12-4-5-15(10-14(12)3)20-17(22)6-7-18(23)21-19-11-16-13(2)8-9-24-16/h4-5,8-11H,6-7H2,1-3H3,(H,20,22)(H,21,23)/b19-11+. The Labute approximate surface area is 145 Å². The van der Waals surface area contributed by atoms with Crippen LogP contribution in [0.25, 0.3) is 0 Å². The summed E-state index contributed by atoms with van der Waals surface area (Å²) in [6.45, 7) is 5.99. The predicted molar refractivity (Wildman–Crippen MR) is 98.6 cm³/mol. The number of thiophene rings is 1. The smallest absolute Gasteiger partial charge is 0.240 e. The fourth-order valence-corrected chi connectivity index (χ4v) is 2.79. The van der Waals surface area contributed by atoms with Crippen LogP contribution in [-0.4, -0.2) is 18.0 Å². The molecule has 24 heavy (non-hydrogen) atoms. The van der Waals surface area contributed by atoms with Crippen LogP contribution in [0, 0.1) is 20.8 Å². The molecule has 2 amide bonds. The number of carbonyl (C=O) groups excluding carboxylic acids is 2. The second-order valence-electron chi connectivity index (χ2n) is 5.61. The zero-order valence-electron chi connectivity index (χ0n) is 14.1. The minimum absolute atomic E-state index is 0.0947. The van der Waals surface area contributed by atoms with E-state index in [2.05, 4.69) is 15.8 Å². The van der Waals surface area contributed by atoms with Crippen LogP contribution in [0.5, 0.6) is 0 Å². The highest BCUT2D eigenvalue weighted by Crippen LogP contribution is 2.14. The lowest BCUT2D eigenvalue weighted by Gasteiger charge is -2.07. The SMILES string of the molecule is Cc1ccc(NC(=O)CCC(=O)N/N=C/c2sccc2C)cc1C. The van der Waals surface area contributed by atoms with Crippen molar-refractivity contribution in [3.63, 3.8) is 0 Å². The third-order valence-electron chi connectivity index (χ3n) is 3.64. The van der Waals surface area contributed by atoms with Gasteiger partial charge in [-0.15, -0.1) is 11.3 Å². The topological polar surface area (TPSA) is 70.6 Å². The van der Waals surface area contributed by atoms with Crippen molar-refractivity contribution in [1.29, 1.82) is 0 Å². The molecule has 0 saturated heterocycles. The molecule has 0 spiro atoms. The third kappa shape index (κ3) is 5.31. The lowest BCUT2D eigenvalue weighted by Crippen LogP contribution is -2.20. The summed E-state index contributed by atoms with van der Waals surface area (Å²) in [5, 5.41) is 8.68. The van der Waals surface area contributed by atoms with E-state index in [0.29, 0.717) is 0 Å². The van der Waals surface area contributed by atoms with Crippen LogP contribution in [0.15, 0.2) is 34.7 Å². The van der Waals surface area contributed by atoms with E-state index in [9.17, 15) is 9.59 Å². The van der Waals surface area contributed by atoms with Crippen molar-refractivity contribution >= 4 is 35.1 Å². The number of rotatable bonds is 6. The van der Waals surface area contributed by atoms with Crippen LogP contribution < -0.4 is 10.7 Å². The predicted octanol–water partition coefficient (Wildman–Crippen LogP) is 3.54. The Balaban J connectivity index is 1.74. The molecule has 126 valence electrons. The molecule has 2 N–H and O–H groups in total. The molecular weight excluding hydrogens is 322 g/mol. The minimum Gasteiger partial charge on any atom is -0.326 e. The van der Waals surface area contributed by atoms with Crippen molar-refractivity contribution in [3.8, 4) is 0 Å². The molecule has 0 saturated carbocycles. The van der Waals surface area contributed by atoms with Crippen LogP contribution in [0.1, 0.15) is 34.4 Å². The second kappa shape index (κ2) is 8.40. The van der Waals surface area contributed by atoms with Crippen LogP contribution in [0.3, 0.4) is 0 Å². The van der Waals surface area contributed by atoms with Gasteiger partial charge in [0.05, 0.1) is 6.21 Å². The van der Waals surface area contributed by atoms with Crippen LogP contribution in [0.2, 0.25) is 0 Å². The average Bonchev–Trinajstić information content (AvgIpc) is 2.94. The Morgan fingerprint density at radius 1 is 1.04 bits per heavy atom. The van der Waals surface area contributed by atoms with Crippen LogP contribution in [0.4, 0.5) is 5.69 Å². The maximum absolute atomic E-state index is 11.9.